The molecule has 1 N–H and O–H groups in total. The number of nitrogens with one attached hydrogen (secondary N) is 1. The lowest BCUT2D eigenvalue weighted by molar-refractivity contribution is -0.154. The smallest absolute Gasteiger partial charge is 0.422 e. The molecule has 1 aromatic carbocycles. The molecule has 0 aliphatic carbocycles. The summed E-state index contributed by atoms with van der Waals surface area (Å²) < 4.78 is 111. The fourth-order valence-corrected chi connectivity index (χ4v) is 5.50. The molecule has 4 rings (SSSR count). The van der Waals surface area contributed by atoms with Gasteiger partial charge in [-0.2, -0.15) is 50.7 Å². The van der Waals surface area contributed by atoms with Crippen LogP contribution in [0.15, 0.2) is 41.6 Å². The van der Waals surface area contributed by atoms with Gasteiger partial charge in [0.15, 0.2) is 6.61 Å². The van der Waals surface area contributed by atoms with Crippen molar-refractivity contribution in [3.05, 3.63) is 48.0 Å². The molecule has 0 bridgehead atoms. The molecule has 40 heavy (non-hydrogen) atoms. The minimum Gasteiger partial charge on any atom is -0.454 e. The molecule has 17 heteroatoms. The normalized spacial score (nSPS) is 15.8. The summed E-state index contributed by atoms with van der Waals surface area (Å²) in [6.45, 7) is 1.06. The Kier molecular flexibility index (Phi) is 8.53. The Morgan fingerprint density at radius 1 is 1.07 bits per heavy atom. The van der Waals surface area contributed by atoms with Crippen molar-refractivity contribution in [2.75, 3.05) is 25.0 Å². The number of aromatic nitrogens is 5. The lowest BCUT2D eigenvalue weighted by Crippen LogP contribution is -2.38. The van der Waals surface area contributed by atoms with E-state index in [-0.39, 0.29) is 47.8 Å². The van der Waals surface area contributed by atoms with E-state index in [1.54, 1.807) is 0 Å². The number of sulfonamides is 1. The van der Waals surface area contributed by atoms with Gasteiger partial charge in [-0.15, -0.1) is 0 Å². The SMILES string of the molecule is CCn1cc(S(=O)(=O)N2CCC(Cc3nc(Nc4cccc(C(F)(F)F)c4)nc(OCC(F)(F)F)n3)CC2)cn1. The summed E-state index contributed by atoms with van der Waals surface area (Å²) in [5.41, 5.74) is -0.984. The van der Waals surface area contributed by atoms with Crippen LogP contribution in [-0.4, -0.2) is 63.3 Å². The van der Waals surface area contributed by atoms with Crippen molar-refractivity contribution in [3.8, 4) is 6.01 Å². The van der Waals surface area contributed by atoms with Crippen LogP contribution in [0.2, 0.25) is 0 Å². The first-order valence-electron chi connectivity index (χ1n) is 12.1. The van der Waals surface area contributed by atoms with E-state index in [9.17, 15) is 34.8 Å². The van der Waals surface area contributed by atoms with Crippen LogP contribution in [0.5, 0.6) is 6.01 Å². The third-order valence-electron chi connectivity index (χ3n) is 6.09. The largest absolute Gasteiger partial charge is 0.454 e. The highest BCUT2D eigenvalue weighted by Crippen LogP contribution is 2.31. The van der Waals surface area contributed by atoms with Crippen LogP contribution in [0, 0.1) is 5.92 Å². The van der Waals surface area contributed by atoms with Gasteiger partial charge in [0.25, 0.3) is 0 Å². The zero-order valence-electron chi connectivity index (χ0n) is 21.1. The Morgan fingerprint density at radius 3 is 2.42 bits per heavy atom. The zero-order chi connectivity index (χ0) is 29.1. The quantitative estimate of drug-likeness (QED) is 0.363. The van der Waals surface area contributed by atoms with E-state index in [0.717, 1.165) is 18.2 Å². The molecular formula is C23H25F6N7O3S. The zero-order valence-corrected chi connectivity index (χ0v) is 21.9. The first-order valence-corrected chi connectivity index (χ1v) is 13.6. The second-order valence-electron chi connectivity index (χ2n) is 9.05. The molecular weight excluding hydrogens is 568 g/mol. The van der Waals surface area contributed by atoms with E-state index >= 15 is 0 Å². The van der Waals surface area contributed by atoms with E-state index in [1.165, 1.54) is 27.4 Å². The third kappa shape index (κ3) is 7.59. The van der Waals surface area contributed by atoms with Gasteiger partial charge in [0.05, 0.1) is 11.8 Å². The van der Waals surface area contributed by atoms with Gasteiger partial charge in [-0.1, -0.05) is 6.07 Å². The molecule has 1 fully saturated rings. The molecule has 10 nitrogen and oxygen atoms in total. The van der Waals surface area contributed by atoms with Crippen molar-refractivity contribution < 1.29 is 39.5 Å². The van der Waals surface area contributed by atoms with Crippen LogP contribution in [0.1, 0.15) is 31.2 Å². The summed E-state index contributed by atoms with van der Waals surface area (Å²) in [5, 5.41) is 6.57. The fourth-order valence-electron chi connectivity index (χ4n) is 4.07. The van der Waals surface area contributed by atoms with Crippen LogP contribution in [0.25, 0.3) is 0 Å². The maximum absolute atomic E-state index is 13.1. The summed E-state index contributed by atoms with van der Waals surface area (Å²) in [7, 11) is -3.74. The minimum atomic E-state index is -4.67. The summed E-state index contributed by atoms with van der Waals surface area (Å²) in [5.74, 6) is -0.370. The summed E-state index contributed by atoms with van der Waals surface area (Å²) in [4.78, 5) is 12.0. The molecule has 3 aromatic rings. The molecule has 0 spiro atoms. The predicted molar refractivity (Wildman–Crippen MR) is 129 cm³/mol. The first-order chi connectivity index (χ1) is 18.7. The molecule has 218 valence electrons. The maximum atomic E-state index is 13.1. The highest BCUT2D eigenvalue weighted by molar-refractivity contribution is 7.89. The number of anilines is 2. The van der Waals surface area contributed by atoms with Gasteiger partial charge < -0.3 is 10.1 Å². The van der Waals surface area contributed by atoms with Gasteiger partial charge in [-0.05, 0) is 43.9 Å². The Labute approximate surface area is 225 Å². The topological polar surface area (TPSA) is 115 Å². The molecule has 0 radical (unpaired) electrons. The lowest BCUT2D eigenvalue weighted by atomic mass is 9.94. The van der Waals surface area contributed by atoms with Gasteiger partial charge in [-0.3, -0.25) is 4.68 Å². The number of piperidine rings is 1. The van der Waals surface area contributed by atoms with Crippen LogP contribution in [-0.2, 0) is 29.2 Å². The monoisotopic (exact) mass is 593 g/mol. The summed E-state index contributed by atoms with van der Waals surface area (Å²) >= 11 is 0. The van der Waals surface area contributed by atoms with Gasteiger partial charge in [0.2, 0.25) is 16.0 Å². The third-order valence-corrected chi connectivity index (χ3v) is 7.94. The lowest BCUT2D eigenvalue weighted by Gasteiger charge is -2.30. The molecule has 0 unspecified atom stereocenters. The molecule has 2 aromatic heterocycles. The number of rotatable bonds is 9. The number of aryl methyl sites for hydroxylation is 1. The average molecular weight is 594 g/mol. The molecule has 3 heterocycles. The number of benzene rings is 1. The fraction of sp³-hybridized carbons (Fsp3) is 0.478. The number of ether oxygens (including phenoxy) is 1. The Hall–Kier alpha value is -3.47. The Balaban J connectivity index is 1.48. The van der Waals surface area contributed by atoms with Crippen molar-refractivity contribution >= 4 is 21.7 Å². The first kappa shape index (κ1) is 29.5. The van der Waals surface area contributed by atoms with Gasteiger partial charge in [0.1, 0.15) is 10.7 Å². The van der Waals surface area contributed by atoms with Crippen molar-refractivity contribution in [2.45, 2.75) is 50.0 Å². The minimum absolute atomic E-state index is 0.0429. The number of alkyl halides is 6. The van der Waals surface area contributed by atoms with Gasteiger partial charge in [0, 0.05) is 37.9 Å². The second-order valence-corrected chi connectivity index (χ2v) is 11.0. The average Bonchev–Trinajstić information content (AvgIpc) is 3.38. The number of hydrogen-bond donors (Lipinski definition) is 1. The van der Waals surface area contributed by atoms with E-state index in [0.29, 0.717) is 19.4 Å². The van der Waals surface area contributed by atoms with Crippen molar-refractivity contribution in [2.24, 2.45) is 5.92 Å². The van der Waals surface area contributed by atoms with E-state index in [2.05, 4.69) is 30.1 Å². The molecule has 1 aliphatic rings. The predicted octanol–water partition coefficient (Wildman–Crippen LogP) is 4.43. The number of halogens is 6. The van der Waals surface area contributed by atoms with Gasteiger partial charge in [-0.25, -0.2) is 8.42 Å². The highest BCUT2D eigenvalue weighted by Gasteiger charge is 2.33. The van der Waals surface area contributed by atoms with E-state index in [1.807, 2.05) is 6.92 Å². The van der Waals surface area contributed by atoms with Crippen molar-refractivity contribution in [1.82, 2.24) is 29.0 Å². The van der Waals surface area contributed by atoms with E-state index < -0.39 is 40.6 Å². The van der Waals surface area contributed by atoms with Crippen LogP contribution < -0.4 is 10.1 Å². The van der Waals surface area contributed by atoms with E-state index in [4.69, 9.17) is 0 Å². The van der Waals surface area contributed by atoms with Crippen molar-refractivity contribution in [1.29, 1.82) is 0 Å². The Bertz CT molecular complexity index is 1420. The standard InChI is InChI=1S/C23H25F6N7O3S/c1-2-35-13-18(12-30-35)40(37,38)36-8-6-15(7-9-36)10-19-32-20(34-21(33-19)39-14-22(24,25)26)31-17-5-3-4-16(11-17)23(27,28)29/h3-5,11-13,15H,2,6-10,14H2,1H3,(H,31,32,33,34). The molecule has 1 aliphatic heterocycles. The maximum Gasteiger partial charge on any atom is 0.422 e. The van der Waals surface area contributed by atoms with Gasteiger partial charge >= 0.3 is 18.4 Å². The van der Waals surface area contributed by atoms with Crippen LogP contribution in [0.3, 0.4) is 0 Å². The molecule has 0 saturated carbocycles. The van der Waals surface area contributed by atoms with Crippen molar-refractivity contribution in [3.63, 3.8) is 0 Å². The summed E-state index contributed by atoms with van der Waals surface area (Å²) in [6.07, 6.45) is -5.55. The summed E-state index contributed by atoms with van der Waals surface area (Å²) in [6, 6.07) is 3.49. The number of hydrogen-bond acceptors (Lipinski definition) is 8. The molecule has 0 atom stereocenters. The van der Waals surface area contributed by atoms with Crippen LogP contribution in [0.4, 0.5) is 38.0 Å². The highest BCUT2D eigenvalue weighted by atomic mass is 32.2. The molecule has 0 amide bonds. The van der Waals surface area contributed by atoms with Crippen LogP contribution >= 0.6 is 0 Å². The number of nitrogens with zero attached hydrogens (tertiary/aromatic N) is 6. The Morgan fingerprint density at radius 2 is 1.80 bits per heavy atom. The second kappa shape index (κ2) is 11.6. The molecule has 1 saturated heterocycles.